The van der Waals surface area contributed by atoms with E-state index in [1.165, 1.54) is 0 Å². The van der Waals surface area contributed by atoms with E-state index in [4.69, 9.17) is 5.26 Å². The third-order valence-corrected chi connectivity index (χ3v) is 3.13. The maximum Gasteiger partial charge on any atom is 0.401 e. The van der Waals surface area contributed by atoms with Crippen molar-refractivity contribution >= 4 is 0 Å². The quantitative estimate of drug-likeness (QED) is 0.736. The van der Waals surface area contributed by atoms with E-state index >= 15 is 0 Å². The van der Waals surface area contributed by atoms with E-state index in [9.17, 15) is 18.3 Å². The van der Waals surface area contributed by atoms with Crippen molar-refractivity contribution < 1.29 is 18.3 Å². The van der Waals surface area contributed by atoms with Crippen LogP contribution in [0.4, 0.5) is 13.2 Å². The maximum absolute atomic E-state index is 12.1. The normalized spacial score (nSPS) is 27.8. The van der Waals surface area contributed by atoms with Crippen LogP contribution in [-0.4, -0.2) is 54.5 Å². The molecule has 0 amide bonds. The molecule has 1 heterocycles. The van der Waals surface area contributed by atoms with Crippen LogP contribution in [0, 0.1) is 17.2 Å². The molecular weight excluding hydrogens is 247 g/mol. The van der Waals surface area contributed by atoms with E-state index in [0.29, 0.717) is 19.5 Å². The molecule has 3 unspecified atom stereocenters. The topological polar surface area (TPSA) is 59.3 Å². The van der Waals surface area contributed by atoms with Gasteiger partial charge >= 0.3 is 6.18 Å². The molecule has 7 heteroatoms. The lowest BCUT2D eigenvalue weighted by Crippen LogP contribution is -2.52. The first-order valence-electron chi connectivity index (χ1n) is 5.89. The van der Waals surface area contributed by atoms with Crippen LogP contribution in [0.25, 0.3) is 0 Å². The highest BCUT2D eigenvalue weighted by atomic mass is 19.4. The van der Waals surface area contributed by atoms with Gasteiger partial charge in [0.25, 0.3) is 0 Å². The summed E-state index contributed by atoms with van der Waals surface area (Å²) in [4.78, 5) is 1.77. The number of aliphatic hydroxyl groups is 1. The summed E-state index contributed by atoms with van der Waals surface area (Å²) >= 11 is 0. The van der Waals surface area contributed by atoms with Crippen LogP contribution in [0.5, 0.6) is 0 Å². The number of halogens is 3. The summed E-state index contributed by atoms with van der Waals surface area (Å²) in [6.07, 6.45) is -4.32. The number of alkyl halides is 3. The first-order valence-corrected chi connectivity index (χ1v) is 5.89. The van der Waals surface area contributed by atoms with Gasteiger partial charge in [0.1, 0.15) is 0 Å². The number of nitrogens with zero attached hydrogens (tertiary/aromatic N) is 2. The van der Waals surface area contributed by atoms with E-state index in [0.717, 1.165) is 0 Å². The Bertz CT molecular complexity index is 301. The second-order valence-corrected chi connectivity index (χ2v) is 4.78. The van der Waals surface area contributed by atoms with Gasteiger partial charge in [-0.25, -0.2) is 0 Å². The smallest absolute Gasteiger partial charge is 0.393 e. The Balaban J connectivity index is 2.53. The van der Waals surface area contributed by atoms with Crippen LogP contribution in [0.3, 0.4) is 0 Å². The van der Waals surface area contributed by atoms with Crippen molar-refractivity contribution in [2.45, 2.75) is 31.7 Å². The minimum Gasteiger partial charge on any atom is -0.393 e. The van der Waals surface area contributed by atoms with Crippen LogP contribution in [0.2, 0.25) is 0 Å². The van der Waals surface area contributed by atoms with Gasteiger partial charge < -0.3 is 10.4 Å². The van der Waals surface area contributed by atoms with Crippen molar-refractivity contribution in [3.8, 4) is 6.07 Å². The van der Waals surface area contributed by atoms with Gasteiger partial charge in [-0.1, -0.05) is 0 Å². The van der Waals surface area contributed by atoms with Crippen molar-refractivity contribution in [3.05, 3.63) is 0 Å². The van der Waals surface area contributed by atoms with Gasteiger partial charge in [-0.05, 0) is 19.3 Å². The molecule has 1 aliphatic heterocycles. The average molecular weight is 265 g/mol. The predicted molar refractivity (Wildman–Crippen MR) is 59.7 cm³/mol. The number of piperidine rings is 1. The molecule has 1 aliphatic rings. The summed E-state index contributed by atoms with van der Waals surface area (Å²) in [6, 6.07) is 1.64. The van der Waals surface area contributed by atoms with E-state index < -0.39 is 18.8 Å². The van der Waals surface area contributed by atoms with Gasteiger partial charge in [-0.2, -0.15) is 18.4 Å². The van der Waals surface area contributed by atoms with Gasteiger partial charge in [0.2, 0.25) is 0 Å². The summed E-state index contributed by atoms with van der Waals surface area (Å²) in [7, 11) is 0. The number of nitriles is 1. The molecule has 18 heavy (non-hydrogen) atoms. The molecule has 0 saturated carbocycles. The summed E-state index contributed by atoms with van der Waals surface area (Å²) in [6.45, 7) is 1.72. The highest BCUT2D eigenvalue weighted by molar-refractivity contribution is 4.89. The fourth-order valence-electron chi connectivity index (χ4n) is 2.22. The Hall–Kier alpha value is -0.840. The fourth-order valence-corrected chi connectivity index (χ4v) is 2.22. The lowest BCUT2D eigenvalue weighted by molar-refractivity contribution is -0.127. The van der Waals surface area contributed by atoms with Crippen molar-refractivity contribution in [1.29, 1.82) is 5.26 Å². The first kappa shape index (κ1) is 15.2. The van der Waals surface area contributed by atoms with E-state index in [1.807, 2.05) is 6.07 Å². The van der Waals surface area contributed by atoms with Crippen LogP contribution in [0.15, 0.2) is 0 Å². The van der Waals surface area contributed by atoms with E-state index in [-0.39, 0.29) is 18.5 Å². The second-order valence-electron chi connectivity index (χ2n) is 4.78. The Kier molecular flexibility index (Phi) is 5.38. The zero-order chi connectivity index (χ0) is 13.8. The Morgan fingerprint density at radius 1 is 1.50 bits per heavy atom. The van der Waals surface area contributed by atoms with Gasteiger partial charge in [-0.3, -0.25) is 4.90 Å². The molecule has 0 radical (unpaired) electrons. The lowest BCUT2D eigenvalue weighted by atomic mass is 9.90. The SMILES string of the molecule is CC(O)C1CC(NCC(F)(F)F)CN(CC#N)C1. The molecule has 0 aromatic rings. The molecule has 4 nitrogen and oxygen atoms in total. The molecular formula is C11H18F3N3O. The number of aliphatic hydroxyl groups excluding tert-OH is 1. The van der Waals surface area contributed by atoms with Crippen molar-refractivity contribution in [2.24, 2.45) is 5.92 Å². The third-order valence-electron chi connectivity index (χ3n) is 3.13. The molecule has 0 aliphatic carbocycles. The van der Waals surface area contributed by atoms with E-state index in [2.05, 4.69) is 5.32 Å². The molecule has 2 N–H and O–H groups in total. The molecule has 1 saturated heterocycles. The highest BCUT2D eigenvalue weighted by Crippen LogP contribution is 2.21. The first-order chi connectivity index (χ1) is 8.31. The zero-order valence-corrected chi connectivity index (χ0v) is 10.2. The number of likely N-dealkylation sites (tertiary alicyclic amines) is 1. The summed E-state index contributed by atoms with van der Waals surface area (Å²) < 4.78 is 36.4. The van der Waals surface area contributed by atoms with Crippen molar-refractivity contribution in [1.82, 2.24) is 10.2 Å². The molecule has 1 rings (SSSR count). The van der Waals surface area contributed by atoms with Gasteiger partial charge in [0.05, 0.1) is 25.3 Å². The van der Waals surface area contributed by atoms with Crippen molar-refractivity contribution in [2.75, 3.05) is 26.2 Å². The molecule has 0 aromatic carbocycles. The number of hydrogen-bond acceptors (Lipinski definition) is 4. The lowest BCUT2D eigenvalue weighted by Gasteiger charge is -2.38. The predicted octanol–water partition coefficient (Wildman–Crippen LogP) is 0.733. The van der Waals surface area contributed by atoms with Gasteiger partial charge in [-0.15, -0.1) is 0 Å². The van der Waals surface area contributed by atoms with Gasteiger partial charge in [0, 0.05) is 19.1 Å². The van der Waals surface area contributed by atoms with Crippen LogP contribution in [0.1, 0.15) is 13.3 Å². The monoisotopic (exact) mass is 265 g/mol. The minimum absolute atomic E-state index is 0.0992. The van der Waals surface area contributed by atoms with Crippen LogP contribution < -0.4 is 5.32 Å². The minimum atomic E-state index is -4.24. The van der Waals surface area contributed by atoms with Gasteiger partial charge in [0.15, 0.2) is 0 Å². The Morgan fingerprint density at radius 3 is 2.67 bits per heavy atom. The standard InChI is InChI=1S/C11H18F3N3O/c1-8(18)9-4-10(16-7-11(12,13)14)6-17(5-9)3-2-15/h8-10,16,18H,3-7H2,1H3. The molecule has 104 valence electrons. The summed E-state index contributed by atoms with van der Waals surface area (Å²) in [5, 5.41) is 20.6. The Labute approximate surface area is 104 Å². The van der Waals surface area contributed by atoms with E-state index in [1.54, 1.807) is 11.8 Å². The number of nitrogens with one attached hydrogen (secondary N) is 1. The Morgan fingerprint density at radius 2 is 2.17 bits per heavy atom. The largest absolute Gasteiger partial charge is 0.401 e. The number of rotatable bonds is 4. The van der Waals surface area contributed by atoms with Crippen LogP contribution in [-0.2, 0) is 0 Å². The molecule has 0 bridgehead atoms. The fraction of sp³-hybridized carbons (Fsp3) is 0.909. The summed E-state index contributed by atoms with van der Waals surface area (Å²) in [5.41, 5.74) is 0. The molecule has 1 fully saturated rings. The molecule has 0 aromatic heterocycles. The second kappa shape index (κ2) is 6.36. The molecule has 3 atom stereocenters. The highest BCUT2D eigenvalue weighted by Gasteiger charge is 2.33. The zero-order valence-electron chi connectivity index (χ0n) is 10.2. The van der Waals surface area contributed by atoms with Crippen LogP contribution >= 0.6 is 0 Å². The average Bonchev–Trinajstić information content (AvgIpc) is 2.25. The summed E-state index contributed by atoms with van der Waals surface area (Å²) in [5.74, 6) is -0.0992. The molecule has 0 spiro atoms. The third kappa shape index (κ3) is 5.21. The maximum atomic E-state index is 12.1. The number of hydrogen-bond donors (Lipinski definition) is 2. The van der Waals surface area contributed by atoms with Crippen molar-refractivity contribution in [3.63, 3.8) is 0 Å².